The second kappa shape index (κ2) is 4.77. The zero-order chi connectivity index (χ0) is 14.1. The van der Waals surface area contributed by atoms with E-state index in [-0.39, 0.29) is 11.8 Å². The van der Waals surface area contributed by atoms with Gasteiger partial charge in [-0.15, -0.1) is 0 Å². The summed E-state index contributed by atoms with van der Waals surface area (Å²) in [5.41, 5.74) is 1.81. The summed E-state index contributed by atoms with van der Waals surface area (Å²) in [6.45, 7) is 1.71. The van der Waals surface area contributed by atoms with Crippen LogP contribution < -0.4 is 10.2 Å². The number of benzene rings is 1. The van der Waals surface area contributed by atoms with Gasteiger partial charge in [0.05, 0.1) is 16.9 Å². The Kier molecular flexibility index (Phi) is 2.95. The summed E-state index contributed by atoms with van der Waals surface area (Å²) in [6, 6.07) is 10.1. The van der Waals surface area contributed by atoms with Crippen LogP contribution in [-0.2, 0) is 4.79 Å². The number of hydrogen-bond acceptors (Lipinski definition) is 3. The fraction of sp³-hybridized carbons (Fsp3) is 0.133. The molecule has 1 aromatic carbocycles. The van der Waals surface area contributed by atoms with Gasteiger partial charge in [-0.1, -0.05) is 12.1 Å². The molecular formula is C15H13N3O2. The number of fused-ring (bicyclic) bond motifs is 1. The Morgan fingerprint density at radius 1 is 1.25 bits per heavy atom. The van der Waals surface area contributed by atoms with Crippen molar-refractivity contribution in [1.29, 1.82) is 0 Å². The topological polar surface area (TPSA) is 62.3 Å². The molecule has 0 saturated heterocycles. The number of pyridine rings is 1. The number of anilines is 2. The number of para-hydroxylation sites is 2. The molecule has 100 valence electrons. The van der Waals surface area contributed by atoms with Crippen LogP contribution in [0.25, 0.3) is 0 Å². The molecule has 0 bridgehead atoms. The molecule has 3 rings (SSSR count). The van der Waals surface area contributed by atoms with E-state index < -0.39 is 6.04 Å². The summed E-state index contributed by atoms with van der Waals surface area (Å²) >= 11 is 0. The van der Waals surface area contributed by atoms with Gasteiger partial charge in [0.25, 0.3) is 5.91 Å². The highest BCUT2D eigenvalue weighted by molar-refractivity contribution is 6.16. The fourth-order valence-electron chi connectivity index (χ4n) is 2.27. The minimum atomic E-state index is -0.558. The Labute approximate surface area is 116 Å². The van der Waals surface area contributed by atoms with E-state index in [1.807, 2.05) is 18.2 Å². The fourth-order valence-corrected chi connectivity index (χ4v) is 2.27. The predicted octanol–water partition coefficient (Wildman–Crippen LogP) is 2.07. The molecule has 1 aromatic heterocycles. The van der Waals surface area contributed by atoms with Crippen molar-refractivity contribution in [3.05, 3.63) is 54.4 Å². The van der Waals surface area contributed by atoms with Crippen molar-refractivity contribution < 1.29 is 9.59 Å². The Bertz CT molecular complexity index is 670. The van der Waals surface area contributed by atoms with Crippen molar-refractivity contribution in [2.75, 3.05) is 10.2 Å². The zero-order valence-corrected chi connectivity index (χ0v) is 10.9. The molecule has 20 heavy (non-hydrogen) atoms. The normalized spacial score (nSPS) is 17.4. The van der Waals surface area contributed by atoms with Crippen LogP contribution in [0.4, 0.5) is 11.4 Å². The van der Waals surface area contributed by atoms with Gasteiger partial charge in [0.15, 0.2) is 0 Å². The number of nitrogens with zero attached hydrogens (tertiary/aromatic N) is 2. The van der Waals surface area contributed by atoms with Crippen molar-refractivity contribution in [3.63, 3.8) is 0 Å². The summed E-state index contributed by atoms with van der Waals surface area (Å²) in [4.78, 5) is 30.1. The average Bonchev–Trinajstić information content (AvgIpc) is 2.49. The van der Waals surface area contributed by atoms with Crippen molar-refractivity contribution >= 4 is 23.2 Å². The third kappa shape index (κ3) is 1.93. The lowest BCUT2D eigenvalue weighted by Crippen LogP contribution is -2.49. The van der Waals surface area contributed by atoms with Gasteiger partial charge < -0.3 is 5.32 Å². The molecule has 0 spiro atoms. The van der Waals surface area contributed by atoms with E-state index in [9.17, 15) is 9.59 Å². The van der Waals surface area contributed by atoms with Gasteiger partial charge in [-0.05, 0) is 31.2 Å². The van der Waals surface area contributed by atoms with Crippen LogP contribution in [0.2, 0.25) is 0 Å². The summed E-state index contributed by atoms with van der Waals surface area (Å²) in [6.07, 6.45) is 3.11. The van der Waals surface area contributed by atoms with Crippen LogP contribution in [0.3, 0.4) is 0 Å². The molecule has 0 saturated carbocycles. The summed E-state index contributed by atoms with van der Waals surface area (Å²) in [5, 5.41) is 2.80. The van der Waals surface area contributed by atoms with Gasteiger partial charge >= 0.3 is 0 Å². The Morgan fingerprint density at radius 3 is 2.80 bits per heavy atom. The summed E-state index contributed by atoms with van der Waals surface area (Å²) in [7, 11) is 0. The maximum atomic E-state index is 12.6. The Morgan fingerprint density at radius 2 is 2.05 bits per heavy atom. The van der Waals surface area contributed by atoms with Crippen LogP contribution >= 0.6 is 0 Å². The summed E-state index contributed by atoms with van der Waals surface area (Å²) in [5.74, 6) is -0.422. The number of carbonyl (C=O) groups excluding carboxylic acids is 2. The number of rotatable bonds is 1. The maximum absolute atomic E-state index is 12.6. The van der Waals surface area contributed by atoms with E-state index in [0.29, 0.717) is 16.9 Å². The number of hydrogen-bond donors (Lipinski definition) is 1. The largest absolute Gasteiger partial charge is 0.322 e. The number of nitrogens with one attached hydrogen (secondary N) is 1. The molecular weight excluding hydrogens is 254 g/mol. The molecule has 1 N–H and O–H groups in total. The molecule has 2 aromatic rings. The first kappa shape index (κ1) is 12.3. The number of carbonyl (C=O) groups is 2. The third-order valence-electron chi connectivity index (χ3n) is 3.32. The first-order chi connectivity index (χ1) is 9.68. The van der Waals surface area contributed by atoms with E-state index in [2.05, 4.69) is 10.3 Å². The first-order valence-electron chi connectivity index (χ1n) is 6.32. The van der Waals surface area contributed by atoms with E-state index in [4.69, 9.17) is 0 Å². The third-order valence-corrected chi connectivity index (χ3v) is 3.32. The van der Waals surface area contributed by atoms with E-state index in [0.717, 1.165) is 0 Å². The molecule has 1 aliphatic heterocycles. The van der Waals surface area contributed by atoms with Crippen LogP contribution in [0.5, 0.6) is 0 Å². The Hall–Kier alpha value is -2.69. The second-order valence-corrected chi connectivity index (χ2v) is 4.60. The molecule has 5 heteroatoms. The summed E-state index contributed by atoms with van der Waals surface area (Å²) < 4.78 is 0. The SMILES string of the molecule is CC1C(=O)Nc2ccccc2N1C(=O)c1cccnc1. The standard InChI is InChI=1S/C15H13N3O2/c1-10-14(19)17-12-6-2-3-7-13(12)18(10)15(20)11-5-4-8-16-9-11/h2-10H,1H3,(H,17,19). The van der Waals surface area contributed by atoms with Crippen molar-refractivity contribution in [3.8, 4) is 0 Å². The minimum absolute atomic E-state index is 0.194. The molecule has 1 aliphatic rings. The second-order valence-electron chi connectivity index (χ2n) is 4.60. The van der Waals surface area contributed by atoms with Gasteiger partial charge in [-0.2, -0.15) is 0 Å². The molecule has 1 unspecified atom stereocenters. The van der Waals surface area contributed by atoms with E-state index in [1.165, 1.54) is 11.1 Å². The van der Waals surface area contributed by atoms with E-state index >= 15 is 0 Å². The van der Waals surface area contributed by atoms with Crippen LogP contribution in [0.15, 0.2) is 48.8 Å². The molecule has 0 aliphatic carbocycles. The van der Waals surface area contributed by atoms with Crippen LogP contribution in [-0.4, -0.2) is 22.8 Å². The quantitative estimate of drug-likeness (QED) is 0.860. The smallest absolute Gasteiger partial charge is 0.260 e. The monoisotopic (exact) mass is 267 g/mol. The molecule has 0 fully saturated rings. The zero-order valence-electron chi connectivity index (χ0n) is 10.9. The molecule has 5 nitrogen and oxygen atoms in total. The highest BCUT2D eigenvalue weighted by atomic mass is 16.2. The molecule has 2 heterocycles. The lowest BCUT2D eigenvalue weighted by Gasteiger charge is -2.34. The average molecular weight is 267 g/mol. The highest BCUT2D eigenvalue weighted by Crippen LogP contribution is 2.32. The Balaban J connectivity index is 2.08. The van der Waals surface area contributed by atoms with Crippen LogP contribution in [0.1, 0.15) is 17.3 Å². The van der Waals surface area contributed by atoms with Crippen molar-refractivity contribution in [2.45, 2.75) is 13.0 Å². The number of aromatic nitrogens is 1. The minimum Gasteiger partial charge on any atom is -0.322 e. The van der Waals surface area contributed by atoms with Crippen LogP contribution in [0, 0.1) is 0 Å². The van der Waals surface area contributed by atoms with Gasteiger partial charge in [-0.3, -0.25) is 19.5 Å². The lowest BCUT2D eigenvalue weighted by atomic mass is 10.1. The lowest BCUT2D eigenvalue weighted by molar-refractivity contribution is -0.117. The van der Waals surface area contributed by atoms with Crippen molar-refractivity contribution in [1.82, 2.24) is 4.98 Å². The van der Waals surface area contributed by atoms with E-state index in [1.54, 1.807) is 31.3 Å². The number of amides is 2. The molecule has 1 atom stereocenters. The highest BCUT2D eigenvalue weighted by Gasteiger charge is 2.34. The van der Waals surface area contributed by atoms with Gasteiger partial charge in [0.1, 0.15) is 6.04 Å². The predicted molar refractivity (Wildman–Crippen MR) is 75.6 cm³/mol. The van der Waals surface area contributed by atoms with Gasteiger partial charge in [-0.25, -0.2) is 0 Å². The maximum Gasteiger partial charge on any atom is 0.260 e. The van der Waals surface area contributed by atoms with Gasteiger partial charge in [0, 0.05) is 12.4 Å². The van der Waals surface area contributed by atoms with Crippen molar-refractivity contribution in [2.24, 2.45) is 0 Å². The first-order valence-corrected chi connectivity index (χ1v) is 6.32. The molecule has 2 amide bonds. The molecule has 0 radical (unpaired) electrons. The van der Waals surface area contributed by atoms with Gasteiger partial charge in [0.2, 0.25) is 5.91 Å².